The topological polar surface area (TPSA) is 3.24 Å². The average Bonchev–Trinajstić information content (AvgIpc) is 2.15. The van der Waals surface area contributed by atoms with Crippen LogP contribution in [0.3, 0.4) is 0 Å². The highest BCUT2D eigenvalue weighted by Gasteiger charge is 2.24. The summed E-state index contributed by atoms with van der Waals surface area (Å²) < 4.78 is 0. The van der Waals surface area contributed by atoms with Crippen molar-refractivity contribution in [3.63, 3.8) is 0 Å². The third-order valence-corrected chi connectivity index (χ3v) is 2.66. The molecule has 0 aliphatic carbocycles. The summed E-state index contributed by atoms with van der Waals surface area (Å²) in [6.45, 7) is 4.59. The zero-order valence-electron chi connectivity index (χ0n) is 6.72. The minimum Gasteiger partial charge on any atom is -0.301 e. The van der Waals surface area contributed by atoms with E-state index in [4.69, 9.17) is 0 Å². The van der Waals surface area contributed by atoms with Gasteiger partial charge in [0.25, 0.3) is 0 Å². The minimum atomic E-state index is 0.829. The van der Waals surface area contributed by atoms with E-state index in [-0.39, 0.29) is 0 Å². The van der Waals surface area contributed by atoms with E-state index < -0.39 is 0 Å². The van der Waals surface area contributed by atoms with Crippen molar-refractivity contribution < 1.29 is 0 Å². The average molecular weight is 127 g/mol. The molecule has 2 atom stereocenters. The Morgan fingerprint density at radius 1 is 1.44 bits per heavy atom. The summed E-state index contributed by atoms with van der Waals surface area (Å²) in [5, 5.41) is 0. The summed E-state index contributed by atoms with van der Waals surface area (Å²) in [7, 11) is 2.24. The molecular weight excluding hydrogens is 110 g/mol. The van der Waals surface area contributed by atoms with Gasteiger partial charge in [-0.1, -0.05) is 6.92 Å². The maximum absolute atomic E-state index is 2.50. The summed E-state index contributed by atoms with van der Waals surface area (Å²) in [5.74, 6) is 0. The van der Waals surface area contributed by atoms with Crippen LogP contribution in [0.1, 0.15) is 33.1 Å². The molecule has 1 aliphatic heterocycles. The van der Waals surface area contributed by atoms with Crippen molar-refractivity contribution in [1.82, 2.24) is 4.90 Å². The zero-order valence-corrected chi connectivity index (χ0v) is 6.72. The molecule has 54 valence electrons. The van der Waals surface area contributed by atoms with E-state index in [1.807, 2.05) is 0 Å². The van der Waals surface area contributed by atoms with E-state index in [0.717, 1.165) is 12.1 Å². The van der Waals surface area contributed by atoms with Crippen molar-refractivity contribution in [1.29, 1.82) is 0 Å². The Bertz CT molecular complexity index is 90.6. The monoisotopic (exact) mass is 127 g/mol. The van der Waals surface area contributed by atoms with Gasteiger partial charge in [0.05, 0.1) is 0 Å². The maximum atomic E-state index is 2.50. The van der Waals surface area contributed by atoms with Gasteiger partial charge in [-0.25, -0.2) is 0 Å². The first kappa shape index (κ1) is 7.07. The van der Waals surface area contributed by atoms with E-state index in [2.05, 4.69) is 25.8 Å². The van der Waals surface area contributed by atoms with Crippen LogP contribution in [0.4, 0.5) is 0 Å². The van der Waals surface area contributed by atoms with E-state index in [1.165, 1.54) is 19.3 Å². The van der Waals surface area contributed by atoms with Gasteiger partial charge >= 0.3 is 0 Å². The molecule has 9 heavy (non-hydrogen) atoms. The van der Waals surface area contributed by atoms with E-state index in [9.17, 15) is 0 Å². The molecule has 1 nitrogen and oxygen atoms in total. The Labute approximate surface area is 58.0 Å². The molecule has 0 spiro atoms. The molecule has 0 saturated carbocycles. The first-order valence-electron chi connectivity index (χ1n) is 3.97. The maximum Gasteiger partial charge on any atom is 0.00929 e. The van der Waals surface area contributed by atoms with Crippen molar-refractivity contribution in [2.24, 2.45) is 0 Å². The second kappa shape index (κ2) is 2.70. The smallest absolute Gasteiger partial charge is 0.00929 e. The molecule has 0 amide bonds. The minimum absolute atomic E-state index is 0.829. The number of nitrogens with zero attached hydrogens (tertiary/aromatic N) is 1. The molecule has 1 saturated heterocycles. The van der Waals surface area contributed by atoms with Crippen molar-refractivity contribution in [2.75, 3.05) is 7.05 Å². The molecule has 0 radical (unpaired) electrons. The van der Waals surface area contributed by atoms with Crippen LogP contribution in [-0.4, -0.2) is 24.0 Å². The largest absolute Gasteiger partial charge is 0.301 e. The molecule has 0 aromatic carbocycles. The van der Waals surface area contributed by atoms with Gasteiger partial charge in [-0.3, -0.25) is 0 Å². The quantitative estimate of drug-likeness (QED) is 0.520. The lowest BCUT2D eigenvalue weighted by molar-refractivity contribution is 0.248. The van der Waals surface area contributed by atoms with Gasteiger partial charge in [0.2, 0.25) is 0 Å². The fourth-order valence-electron chi connectivity index (χ4n) is 1.69. The lowest BCUT2D eigenvalue weighted by Gasteiger charge is -2.21. The number of rotatable bonds is 1. The van der Waals surface area contributed by atoms with E-state index in [1.54, 1.807) is 0 Å². The normalized spacial score (nSPS) is 37.7. The first-order chi connectivity index (χ1) is 4.25. The Balaban J connectivity index is 2.41. The highest BCUT2D eigenvalue weighted by atomic mass is 15.2. The second-order valence-corrected chi connectivity index (χ2v) is 3.15. The van der Waals surface area contributed by atoms with Crippen molar-refractivity contribution >= 4 is 0 Å². The molecule has 0 aromatic heterocycles. The van der Waals surface area contributed by atoms with Gasteiger partial charge < -0.3 is 4.90 Å². The lowest BCUT2D eigenvalue weighted by Crippen LogP contribution is -2.29. The standard InChI is InChI=1S/C8H17N/c1-4-8-6-5-7(2)9(8)3/h7-8H,4-6H2,1-3H3/t7-,8?/m1/s1. The molecule has 1 aliphatic rings. The first-order valence-corrected chi connectivity index (χ1v) is 3.97. The highest BCUT2D eigenvalue weighted by molar-refractivity contribution is 4.80. The van der Waals surface area contributed by atoms with Crippen LogP contribution in [0.25, 0.3) is 0 Å². The van der Waals surface area contributed by atoms with Crippen molar-refractivity contribution in [3.8, 4) is 0 Å². The summed E-state index contributed by atoms with van der Waals surface area (Å²) in [6.07, 6.45) is 4.13. The molecule has 0 N–H and O–H groups in total. The van der Waals surface area contributed by atoms with Gasteiger partial charge in [-0.15, -0.1) is 0 Å². The van der Waals surface area contributed by atoms with Gasteiger partial charge in [0.15, 0.2) is 0 Å². The van der Waals surface area contributed by atoms with E-state index >= 15 is 0 Å². The molecule has 1 heteroatoms. The molecule has 1 fully saturated rings. The van der Waals surface area contributed by atoms with Crippen LogP contribution in [0.2, 0.25) is 0 Å². The summed E-state index contributed by atoms with van der Waals surface area (Å²) in [5.41, 5.74) is 0. The molecule has 1 unspecified atom stereocenters. The fourth-order valence-corrected chi connectivity index (χ4v) is 1.69. The van der Waals surface area contributed by atoms with Crippen molar-refractivity contribution in [3.05, 3.63) is 0 Å². The van der Waals surface area contributed by atoms with E-state index in [0.29, 0.717) is 0 Å². The Kier molecular flexibility index (Phi) is 2.12. The molecule has 1 rings (SSSR count). The molecule has 0 bridgehead atoms. The Morgan fingerprint density at radius 2 is 2.11 bits per heavy atom. The van der Waals surface area contributed by atoms with Crippen LogP contribution in [0, 0.1) is 0 Å². The third-order valence-electron chi connectivity index (χ3n) is 2.66. The van der Waals surface area contributed by atoms with Crippen LogP contribution in [0.5, 0.6) is 0 Å². The predicted molar refractivity (Wildman–Crippen MR) is 40.5 cm³/mol. The van der Waals surface area contributed by atoms with Gasteiger partial charge in [-0.2, -0.15) is 0 Å². The van der Waals surface area contributed by atoms with Crippen LogP contribution < -0.4 is 0 Å². The number of hydrogen-bond acceptors (Lipinski definition) is 1. The summed E-state index contributed by atoms with van der Waals surface area (Å²) >= 11 is 0. The van der Waals surface area contributed by atoms with Crippen LogP contribution in [0.15, 0.2) is 0 Å². The van der Waals surface area contributed by atoms with Gasteiger partial charge in [-0.05, 0) is 33.2 Å². The molecular formula is C8H17N. The van der Waals surface area contributed by atoms with Gasteiger partial charge in [0.1, 0.15) is 0 Å². The Morgan fingerprint density at radius 3 is 2.33 bits per heavy atom. The highest BCUT2D eigenvalue weighted by Crippen LogP contribution is 2.23. The number of hydrogen-bond donors (Lipinski definition) is 0. The fraction of sp³-hybridized carbons (Fsp3) is 1.00. The van der Waals surface area contributed by atoms with Crippen LogP contribution >= 0.6 is 0 Å². The lowest BCUT2D eigenvalue weighted by atomic mass is 10.2. The van der Waals surface area contributed by atoms with Gasteiger partial charge in [0, 0.05) is 12.1 Å². The SMILES string of the molecule is CCC1CC[C@@H](C)N1C. The zero-order chi connectivity index (χ0) is 6.85. The predicted octanol–water partition coefficient (Wildman–Crippen LogP) is 1.88. The summed E-state index contributed by atoms with van der Waals surface area (Å²) in [4.78, 5) is 2.50. The van der Waals surface area contributed by atoms with Crippen molar-refractivity contribution in [2.45, 2.75) is 45.2 Å². The summed E-state index contributed by atoms with van der Waals surface area (Å²) in [6, 6.07) is 1.70. The molecule has 0 aromatic rings. The Hall–Kier alpha value is -0.0400. The third kappa shape index (κ3) is 1.26. The van der Waals surface area contributed by atoms with Crippen LogP contribution in [-0.2, 0) is 0 Å². The molecule has 1 heterocycles. The number of likely N-dealkylation sites (tertiary alicyclic amines) is 1. The second-order valence-electron chi connectivity index (χ2n) is 3.15.